The summed E-state index contributed by atoms with van der Waals surface area (Å²) in [4.78, 5) is 59.7. The van der Waals surface area contributed by atoms with Crippen molar-refractivity contribution in [3.63, 3.8) is 0 Å². The van der Waals surface area contributed by atoms with Gasteiger partial charge in [0.15, 0.2) is 23.0 Å². The summed E-state index contributed by atoms with van der Waals surface area (Å²) in [6.45, 7) is 4.65. The van der Waals surface area contributed by atoms with Crippen LogP contribution < -0.4 is 24.3 Å². The molecular formula is C35H35N5O8S4. The van der Waals surface area contributed by atoms with Crippen LogP contribution in [0.2, 0.25) is 0 Å². The van der Waals surface area contributed by atoms with Gasteiger partial charge in [-0.2, -0.15) is 0 Å². The van der Waals surface area contributed by atoms with Crippen molar-refractivity contribution < 1.29 is 38.1 Å². The minimum absolute atomic E-state index is 0.0516. The minimum Gasteiger partial charge on any atom is -0.454 e. The molecule has 0 unspecified atom stereocenters. The lowest BCUT2D eigenvalue weighted by molar-refractivity contribution is -0.133. The van der Waals surface area contributed by atoms with Gasteiger partial charge in [-0.3, -0.25) is 33.9 Å². The van der Waals surface area contributed by atoms with Crippen LogP contribution in [0, 0.1) is 0 Å². The number of piperazine rings is 1. The molecule has 272 valence electrons. The van der Waals surface area contributed by atoms with Gasteiger partial charge in [0.05, 0.1) is 9.81 Å². The molecule has 0 spiro atoms. The molecule has 2 aromatic carbocycles. The number of rotatable bonds is 12. The van der Waals surface area contributed by atoms with Crippen LogP contribution in [0.25, 0.3) is 12.2 Å². The van der Waals surface area contributed by atoms with E-state index in [2.05, 4.69) is 10.2 Å². The van der Waals surface area contributed by atoms with Crippen LogP contribution in [0.4, 0.5) is 0 Å². The van der Waals surface area contributed by atoms with E-state index in [4.69, 9.17) is 43.4 Å². The standard InChI is InChI=1S/C35H35N5O8S4/c41-30(7-10-40-33(44)29(52-35(40)50)19-23-4-6-25-27(17-23)48-21-46-25)36-8-11-37-12-14-38(15-13-37)31(42)2-1-9-39-32(43)28(51-34(39)49)18-22-3-5-24-26(16-22)47-20-45-24/h3-6,16-19H,1-2,7-15,20-21H2,(H,36,41). The summed E-state index contributed by atoms with van der Waals surface area (Å²) < 4.78 is 22.4. The van der Waals surface area contributed by atoms with Gasteiger partial charge in [-0.25, -0.2) is 0 Å². The Balaban J connectivity index is 0.772. The van der Waals surface area contributed by atoms with E-state index >= 15 is 0 Å². The third-order valence-electron chi connectivity index (χ3n) is 8.95. The van der Waals surface area contributed by atoms with Gasteiger partial charge >= 0.3 is 0 Å². The van der Waals surface area contributed by atoms with Crippen molar-refractivity contribution in [1.82, 2.24) is 24.9 Å². The van der Waals surface area contributed by atoms with Crippen LogP contribution in [0.1, 0.15) is 30.4 Å². The highest BCUT2D eigenvalue weighted by Gasteiger charge is 2.33. The molecule has 2 aromatic rings. The number of fused-ring (bicyclic) bond motifs is 2. The third-order valence-corrected chi connectivity index (χ3v) is 11.7. The van der Waals surface area contributed by atoms with Crippen molar-refractivity contribution in [2.24, 2.45) is 0 Å². The first-order chi connectivity index (χ1) is 25.2. The molecule has 3 saturated heterocycles. The van der Waals surface area contributed by atoms with Gasteiger partial charge in [0, 0.05) is 65.2 Å². The highest BCUT2D eigenvalue weighted by atomic mass is 32.2. The number of thiocarbonyl (C=S) groups is 2. The maximum atomic E-state index is 13.0. The zero-order chi connectivity index (χ0) is 36.2. The van der Waals surface area contributed by atoms with Crippen LogP contribution >= 0.6 is 48.0 Å². The normalized spacial score (nSPS) is 19.9. The number of carbonyl (C=O) groups excluding carboxylic acids is 4. The highest BCUT2D eigenvalue weighted by Crippen LogP contribution is 2.38. The van der Waals surface area contributed by atoms with Crippen molar-refractivity contribution in [2.45, 2.75) is 19.3 Å². The molecular weight excluding hydrogens is 747 g/mol. The molecule has 3 fully saturated rings. The van der Waals surface area contributed by atoms with Gasteiger partial charge in [-0.1, -0.05) is 60.1 Å². The molecule has 5 aliphatic rings. The molecule has 0 bridgehead atoms. The van der Waals surface area contributed by atoms with E-state index in [0.717, 1.165) is 11.1 Å². The number of thioether (sulfide) groups is 2. The van der Waals surface area contributed by atoms with Gasteiger partial charge in [-0.05, 0) is 54.0 Å². The SMILES string of the molecule is O=C(CCN1C(=O)C(=Cc2ccc3c(c2)OCO3)SC1=S)NCCN1CCN(C(=O)CCCN2C(=O)C(=Cc3ccc4c(c3)OCO4)SC2=S)CC1. The molecule has 13 nitrogen and oxygen atoms in total. The second kappa shape index (κ2) is 16.2. The van der Waals surface area contributed by atoms with Gasteiger partial charge in [0.1, 0.15) is 8.64 Å². The van der Waals surface area contributed by atoms with E-state index in [1.165, 1.54) is 28.4 Å². The number of benzene rings is 2. The van der Waals surface area contributed by atoms with Crippen molar-refractivity contribution in [1.29, 1.82) is 0 Å². The summed E-state index contributed by atoms with van der Waals surface area (Å²) in [6.07, 6.45) is 4.53. The van der Waals surface area contributed by atoms with Crippen molar-refractivity contribution in [2.75, 3.05) is 65.9 Å². The fraction of sp³-hybridized carbons (Fsp3) is 0.371. The Morgan fingerprint density at radius 2 is 1.25 bits per heavy atom. The van der Waals surface area contributed by atoms with E-state index in [1.54, 1.807) is 23.1 Å². The van der Waals surface area contributed by atoms with Gasteiger partial charge in [0.2, 0.25) is 25.4 Å². The molecule has 0 aromatic heterocycles. The van der Waals surface area contributed by atoms with E-state index < -0.39 is 0 Å². The van der Waals surface area contributed by atoms with E-state index in [0.29, 0.717) is 100 Å². The van der Waals surface area contributed by atoms with E-state index in [9.17, 15) is 19.2 Å². The fourth-order valence-electron chi connectivity index (χ4n) is 6.12. The Morgan fingerprint density at radius 1 is 0.712 bits per heavy atom. The minimum atomic E-state index is -0.222. The van der Waals surface area contributed by atoms with Crippen molar-refractivity contribution in [3.8, 4) is 23.0 Å². The molecule has 0 aliphatic carbocycles. The number of carbonyl (C=O) groups is 4. The predicted molar refractivity (Wildman–Crippen MR) is 205 cm³/mol. The lowest BCUT2D eigenvalue weighted by Gasteiger charge is -2.35. The largest absolute Gasteiger partial charge is 0.454 e. The van der Waals surface area contributed by atoms with Crippen LogP contribution in [0.5, 0.6) is 23.0 Å². The quantitative estimate of drug-likeness (QED) is 0.249. The maximum absolute atomic E-state index is 13.0. The average Bonchev–Trinajstić information content (AvgIpc) is 3.92. The molecule has 7 rings (SSSR count). The summed E-state index contributed by atoms with van der Waals surface area (Å²) in [7, 11) is 0. The zero-order valence-corrected chi connectivity index (χ0v) is 31.3. The average molecular weight is 782 g/mol. The highest BCUT2D eigenvalue weighted by molar-refractivity contribution is 8.27. The monoisotopic (exact) mass is 781 g/mol. The summed E-state index contributed by atoms with van der Waals surface area (Å²) in [5.41, 5.74) is 1.62. The van der Waals surface area contributed by atoms with Crippen LogP contribution in [0.3, 0.4) is 0 Å². The number of amides is 4. The molecule has 0 radical (unpaired) electrons. The summed E-state index contributed by atoms with van der Waals surface area (Å²) in [5, 5.41) is 2.93. The molecule has 52 heavy (non-hydrogen) atoms. The molecule has 5 aliphatic heterocycles. The summed E-state index contributed by atoms with van der Waals surface area (Å²) >= 11 is 13.4. The second-order valence-electron chi connectivity index (χ2n) is 12.3. The number of hydrogen-bond acceptors (Lipinski definition) is 13. The summed E-state index contributed by atoms with van der Waals surface area (Å²) in [5.74, 6) is 2.13. The van der Waals surface area contributed by atoms with Crippen LogP contribution in [-0.2, 0) is 19.2 Å². The first-order valence-electron chi connectivity index (χ1n) is 16.8. The molecule has 5 heterocycles. The predicted octanol–water partition coefficient (Wildman–Crippen LogP) is 3.68. The molecule has 0 saturated carbocycles. The Kier molecular flexibility index (Phi) is 11.3. The van der Waals surface area contributed by atoms with E-state index in [-0.39, 0.29) is 50.2 Å². The van der Waals surface area contributed by atoms with Gasteiger partial charge in [-0.15, -0.1) is 0 Å². The third kappa shape index (κ3) is 8.39. The Hall–Kier alpha value is -4.16. The Labute approximate surface area is 319 Å². The number of nitrogens with one attached hydrogen (secondary N) is 1. The lowest BCUT2D eigenvalue weighted by Crippen LogP contribution is -2.50. The lowest BCUT2D eigenvalue weighted by atomic mass is 10.2. The zero-order valence-electron chi connectivity index (χ0n) is 28.0. The van der Waals surface area contributed by atoms with Gasteiger partial charge < -0.3 is 29.2 Å². The molecule has 4 amide bonds. The fourth-order valence-corrected chi connectivity index (χ4v) is 8.73. The molecule has 0 atom stereocenters. The smallest absolute Gasteiger partial charge is 0.266 e. The topological polar surface area (TPSA) is 130 Å². The Bertz CT molecular complexity index is 1880. The number of nitrogens with zero attached hydrogens (tertiary/aromatic N) is 4. The first-order valence-corrected chi connectivity index (χ1v) is 19.2. The first kappa shape index (κ1) is 36.2. The number of ether oxygens (including phenoxy) is 4. The molecule has 17 heteroatoms. The van der Waals surface area contributed by atoms with E-state index in [1.807, 2.05) is 35.2 Å². The second-order valence-corrected chi connectivity index (χ2v) is 15.7. The van der Waals surface area contributed by atoms with Crippen LogP contribution in [-0.4, -0.2) is 118 Å². The maximum Gasteiger partial charge on any atom is 0.266 e. The van der Waals surface area contributed by atoms with Crippen molar-refractivity contribution in [3.05, 3.63) is 57.3 Å². The number of hydrogen-bond donors (Lipinski definition) is 1. The molecule has 1 N–H and O–H groups in total. The van der Waals surface area contributed by atoms with Crippen LogP contribution in [0.15, 0.2) is 46.2 Å². The van der Waals surface area contributed by atoms with Crippen molar-refractivity contribution >= 4 is 92.4 Å². The summed E-state index contributed by atoms with van der Waals surface area (Å²) in [6, 6.07) is 11.0. The Morgan fingerprint density at radius 3 is 1.83 bits per heavy atom. The van der Waals surface area contributed by atoms with Gasteiger partial charge in [0.25, 0.3) is 11.8 Å².